The Bertz CT molecular complexity index is 790. The Kier molecular flexibility index (Phi) is 4.37. The molecule has 0 spiro atoms. The average molecular weight is 365 g/mol. The van der Waals surface area contributed by atoms with Crippen molar-refractivity contribution in [2.75, 3.05) is 6.61 Å². The molecule has 1 aromatic heterocycles. The summed E-state index contributed by atoms with van der Waals surface area (Å²) in [6, 6.07) is -0.379. The lowest BCUT2D eigenvalue weighted by Crippen LogP contribution is -2.53. The number of fused-ring (bicyclic) bond motifs is 1. The van der Waals surface area contributed by atoms with E-state index < -0.39 is 29.8 Å². The van der Waals surface area contributed by atoms with Gasteiger partial charge in [-0.1, -0.05) is 0 Å². The Balaban J connectivity index is 1.41. The van der Waals surface area contributed by atoms with Crippen molar-refractivity contribution in [1.82, 2.24) is 15.1 Å². The molecule has 4 atom stereocenters. The number of H-pyrrole nitrogens is 1. The van der Waals surface area contributed by atoms with Gasteiger partial charge in [-0.25, -0.2) is 8.78 Å². The summed E-state index contributed by atoms with van der Waals surface area (Å²) >= 11 is 0. The molecule has 0 radical (unpaired) electrons. The third kappa shape index (κ3) is 2.95. The molecule has 0 bridgehead atoms. The van der Waals surface area contributed by atoms with Crippen LogP contribution in [0, 0.1) is 5.92 Å². The van der Waals surface area contributed by atoms with Crippen molar-refractivity contribution in [3.63, 3.8) is 0 Å². The molecule has 1 unspecified atom stereocenters. The largest absolute Gasteiger partial charge is 0.374 e. The Labute approximate surface area is 149 Å². The maximum Gasteiger partial charge on any atom is 0.269 e. The van der Waals surface area contributed by atoms with Crippen LogP contribution in [-0.2, 0) is 17.8 Å². The highest BCUT2D eigenvalue weighted by Crippen LogP contribution is 2.36. The van der Waals surface area contributed by atoms with Gasteiger partial charge in [0.25, 0.3) is 5.91 Å². The maximum absolute atomic E-state index is 14.1. The number of carbonyl (C=O) groups is 1. The molecular weight excluding hydrogens is 344 g/mol. The summed E-state index contributed by atoms with van der Waals surface area (Å²) in [7, 11) is 0. The average Bonchev–Trinajstić information content (AvgIpc) is 3.17. The quantitative estimate of drug-likeness (QED) is 0.741. The van der Waals surface area contributed by atoms with Gasteiger partial charge in [-0.05, 0) is 18.6 Å². The summed E-state index contributed by atoms with van der Waals surface area (Å²) in [6.45, 7) is 1.50. The first kappa shape index (κ1) is 17.3. The van der Waals surface area contributed by atoms with Gasteiger partial charge in [0.15, 0.2) is 5.69 Å². The van der Waals surface area contributed by atoms with Gasteiger partial charge in [0.2, 0.25) is 0 Å². The second-order valence-corrected chi connectivity index (χ2v) is 7.13. The number of ether oxygens (including phenoxy) is 1. The molecule has 26 heavy (non-hydrogen) atoms. The second kappa shape index (κ2) is 6.57. The lowest BCUT2D eigenvalue weighted by molar-refractivity contribution is -0.0729. The minimum Gasteiger partial charge on any atom is -0.374 e. The number of halogens is 2. The molecule has 0 aromatic carbocycles. The molecule has 3 aliphatic rings. The van der Waals surface area contributed by atoms with Crippen LogP contribution in [0.5, 0.6) is 0 Å². The number of aromatic amines is 1. The molecular formula is C17H21F2N5O2. The molecule has 5 N–H and O–H groups in total. The van der Waals surface area contributed by atoms with Gasteiger partial charge in [0.05, 0.1) is 18.4 Å². The van der Waals surface area contributed by atoms with Crippen LogP contribution in [0.3, 0.4) is 0 Å². The number of nitrogens with zero attached hydrogens (tertiary/aromatic N) is 2. The van der Waals surface area contributed by atoms with Crippen molar-refractivity contribution in [2.45, 2.75) is 44.1 Å². The number of nitrogens with two attached hydrogens (primary N) is 2. The monoisotopic (exact) mass is 365 g/mol. The molecule has 1 saturated heterocycles. The van der Waals surface area contributed by atoms with Crippen LogP contribution < -0.4 is 11.5 Å². The van der Waals surface area contributed by atoms with E-state index >= 15 is 0 Å². The SMILES string of the molecule is NC(=O)c1n[nH]c2c1CN([C@H]1CO[C@H](C3CC(F)=CC=C3F)[C@@H](N)C1)C2. The number of carbonyl (C=O) groups excluding carboxylic acids is 1. The third-order valence-electron chi connectivity index (χ3n) is 5.46. The van der Waals surface area contributed by atoms with E-state index in [1.165, 1.54) is 0 Å². The summed E-state index contributed by atoms with van der Waals surface area (Å²) in [4.78, 5) is 13.6. The first-order valence-corrected chi connectivity index (χ1v) is 8.63. The van der Waals surface area contributed by atoms with Gasteiger partial charge in [0, 0.05) is 43.1 Å². The molecule has 140 valence electrons. The van der Waals surface area contributed by atoms with Crippen LogP contribution in [-0.4, -0.2) is 45.8 Å². The van der Waals surface area contributed by atoms with Crippen LogP contribution in [0.15, 0.2) is 23.8 Å². The number of primary amides is 1. The van der Waals surface area contributed by atoms with Crippen molar-refractivity contribution < 1.29 is 18.3 Å². The van der Waals surface area contributed by atoms with E-state index in [-0.39, 0.29) is 24.0 Å². The Morgan fingerprint density at radius 3 is 2.88 bits per heavy atom. The highest BCUT2D eigenvalue weighted by Gasteiger charge is 2.41. The third-order valence-corrected chi connectivity index (χ3v) is 5.46. The number of rotatable bonds is 3. The van der Waals surface area contributed by atoms with E-state index in [1.54, 1.807) is 0 Å². The number of nitrogens with one attached hydrogen (secondary N) is 1. The number of amides is 1. The number of hydrogen-bond donors (Lipinski definition) is 3. The van der Waals surface area contributed by atoms with Crippen LogP contribution in [0.2, 0.25) is 0 Å². The van der Waals surface area contributed by atoms with Gasteiger partial charge in [-0.2, -0.15) is 5.10 Å². The van der Waals surface area contributed by atoms with Gasteiger partial charge in [-0.3, -0.25) is 14.8 Å². The number of allylic oxidation sites excluding steroid dienone is 3. The zero-order valence-electron chi connectivity index (χ0n) is 14.1. The normalized spacial score (nSPS) is 32.1. The van der Waals surface area contributed by atoms with Crippen LogP contribution in [0.25, 0.3) is 0 Å². The van der Waals surface area contributed by atoms with Crippen molar-refractivity contribution in [2.24, 2.45) is 17.4 Å². The Morgan fingerprint density at radius 2 is 2.15 bits per heavy atom. The van der Waals surface area contributed by atoms with Crippen LogP contribution >= 0.6 is 0 Å². The second-order valence-electron chi connectivity index (χ2n) is 7.13. The standard InChI is InChI=1S/C17H21F2N5O2/c18-8-1-2-12(19)10(3-8)16-13(20)4-9(7-26-16)24-5-11-14(6-24)22-23-15(11)17(21)25/h1-2,9-10,13,16H,3-7,20H2,(H2,21,25)(H,22,23)/t9-,10?,13+,16-/m1/s1. The van der Waals surface area contributed by atoms with E-state index in [1.807, 2.05) is 0 Å². The molecule has 7 nitrogen and oxygen atoms in total. The summed E-state index contributed by atoms with van der Waals surface area (Å²) in [5, 5.41) is 6.80. The van der Waals surface area contributed by atoms with E-state index in [9.17, 15) is 13.6 Å². The van der Waals surface area contributed by atoms with E-state index in [2.05, 4.69) is 15.1 Å². The molecule has 4 rings (SSSR count). The molecule has 1 aromatic rings. The van der Waals surface area contributed by atoms with Gasteiger partial charge in [-0.15, -0.1) is 0 Å². The fraction of sp³-hybridized carbons (Fsp3) is 0.529. The Morgan fingerprint density at radius 1 is 1.35 bits per heavy atom. The van der Waals surface area contributed by atoms with Crippen molar-refractivity contribution in [1.29, 1.82) is 0 Å². The first-order valence-electron chi connectivity index (χ1n) is 8.63. The van der Waals surface area contributed by atoms with Crippen molar-refractivity contribution in [3.05, 3.63) is 40.8 Å². The molecule has 9 heteroatoms. The summed E-state index contributed by atoms with van der Waals surface area (Å²) in [5.41, 5.74) is 13.5. The van der Waals surface area contributed by atoms with E-state index in [0.29, 0.717) is 26.1 Å². The van der Waals surface area contributed by atoms with Gasteiger partial charge >= 0.3 is 0 Å². The highest BCUT2D eigenvalue weighted by molar-refractivity contribution is 5.92. The fourth-order valence-corrected chi connectivity index (χ4v) is 4.10. The molecule has 0 saturated carbocycles. The predicted molar refractivity (Wildman–Crippen MR) is 89.0 cm³/mol. The van der Waals surface area contributed by atoms with Gasteiger partial charge in [0.1, 0.15) is 11.7 Å². The van der Waals surface area contributed by atoms with Crippen LogP contribution in [0.4, 0.5) is 8.78 Å². The number of hydrogen-bond acceptors (Lipinski definition) is 5. The predicted octanol–water partition coefficient (Wildman–Crippen LogP) is 1.04. The van der Waals surface area contributed by atoms with Crippen molar-refractivity contribution >= 4 is 5.91 Å². The smallest absolute Gasteiger partial charge is 0.269 e. The maximum atomic E-state index is 14.1. The molecule has 2 aliphatic heterocycles. The molecule has 3 heterocycles. The molecule has 1 fully saturated rings. The van der Waals surface area contributed by atoms with E-state index in [4.69, 9.17) is 16.2 Å². The summed E-state index contributed by atoms with van der Waals surface area (Å²) in [5.74, 6) is -1.99. The van der Waals surface area contributed by atoms with Gasteiger partial charge < -0.3 is 16.2 Å². The fourth-order valence-electron chi connectivity index (χ4n) is 4.10. The zero-order chi connectivity index (χ0) is 18.4. The minimum atomic E-state index is -0.673. The lowest BCUT2D eigenvalue weighted by Gasteiger charge is -2.41. The van der Waals surface area contributed by atoms with Crippen LogP contribution in [0.1, 0.15) is 34.6 Å². The highest BCUT2D eigenvalue weighted by atomic mass is 19.1. The van der Waals surface area contributed by atoms with Crippen molar-refractivity contribution in [3.8, 4) is 0 Å². The lowest BCUT2D eigenvalue weighted by atomic mass is 9.85. The van der Waals surface area contributed by atoms with E-state index in [0.717, 1.165) is 23.4 Å². The minimum absolute atomic E-state index is 0.0205. The summed E-state index contributed by atoms with van der Waals surface area (Å²) < 4.78 is 33.5. The topological polar surface area (TPSA) is 110 Å². The molecule has 1 aliphatic carbocycles. The summed E-state index contributed by atoms with van der Waals surface area (Å²) in [6.07, 6.45) is 2.32. The number of aromatic nitrogens is 2. The zero-order valence-corrected chi connectivity index (χ0v) is 14.1. The Hall–Kier alpha value is -2.10. The molecule has 1 amide bonds. The first-order chi connectivity index (χ1) is 12.4.